The molecule has 0 spiro atoms. The van der Waals surface area contributed by atoms with Gasteiger partial charge in [0.1, 0.15) is 0 Å². The third-order valence-electron chi connectivity index (χ3n) is 0.980. The Morgan fingerprint density at radius 2 is 1.92 bits per heavy atom. The van der Waals surface area contributed by atoms with Crippen molar-refractivity contribution in [2.24, 2.45) is 0 Å². The molecule has 0 radical (unpaired) electrons. The van der Waals surface area contributed by atoms with Crippen LogP contribution in [0.5, 0.6) is 0 Å². The van der Waals surface area contributed by atoms with Crippen LogP contribution in [0.15, 0.2) is 15.7 Å². The molecule has 0 saturated carbocycles. The summed E-state index contributed by atoms with van der Waals surface area (Å²) in [7, 11) is 0. The molecule has 0 saturated heterocycles. The number of carbonyl (C=O) groups excluding carboxylic acids is 1. The second kappa shape index (κ2) is 4.72. The molecule has 0 bridgehead atoms. The van der Waals surface area contributed by atoms with Gasteiger partial charge in [-0.3, -0.25) is 9.78 Å². The van der Waals surface area contributed by atoms with Crippen LogP contribution in [0.1, 0.15) is 10.5 Å². The van der Waals surface area contributed by atoms with Gasteiger partial charge in [0.05, 0.1) is 11.7 Å². The van der Waals surface area contributed by atoms with E-state index in [0.717, 1.165) is 6.07 Å². The molecule has 1 heterocycles. The number of rotatable bonds is 1. The number of aromatic amines is 2. The van der Waals surface area contributed by atoms with Gasteiger partial charge in [-0.1, -0.05) is 0 Å². The molecule has 0 fully saturated rings. The van der Waals surface area contributed by atoms with E-state index in [4.69, 9.17) is 0 Å². The Hall–Kier alpha value is -0.214. The van der Waals surface area contributed by atoms with E-state index in [1.54, 1.807) is 0 Å². The zero-order chi connectivity index (χ0) is 8.43. The third kappa shape index (κ3) is 3.03. The molecule has 7 heteroatoms. The zero-order valence-corrected chi connectivity index (χ0v) is 9.33. The van der Waals surface area contributed by atoms with Crippen LogP contribution >= 0.6 is 0 Å². The van der Waals surface area contributed by atoms with Crippen molar-refractivity contribution < 1.29 is 61.3 Å². The second-order valence-corrected chi connectivity index (χ2v) is 1.79. The van der Waals surface area contributed by atoms with E-state index < -0.39 is 22.9 Å². The number of hydrogen-bond donors (Lipinski definition) is 2. The van der Waals surface area contributed by atoms with Crippen LogP contribution in [0.2, 0.25) is 0 Å². The van der Waals surface area contributed by atoms with Crippen molar-refractivity contribution in [3.63, 3.8) is 0 Å². The van der Waals surface area contributed by atoms with Gasteiger partial charge in [0, 0.05) is 6.07 Å². The SMILES string of the molecule is O=C([O-])c1cc(=O)[nH]c(=O)[nH]1.[K+]. The molecular weight excluding hydrogens is 191 g/mol. The minimum absolute atomic E-state index is 0. The van der Waals surface area contributed by atoms with Crippen molar-refractivity contribution >= 4 is 5.97 Å². The third-order valence-corrected chi connectivity index (χ3v) is 0.980. The minimum atomic E-state index is -1.59. The van der Waals surface area contributed by atoms with E-state index in [9.17, 15) is 19.5 Å². The molecule has 1 rings (SSSR count). The average Bonchev–Trinajstić information content (AvgIpc) is 1.85. The monoisotopic (exact) mass is 194 g/mol. The molecule has 6 nitrogen and oxygen atoms in total. The maximum atomic E-state index is 10.4. The van der Waals surface area contributed by atoms with Crippen molar-refractivity contribution in [3.05, 3.63) is 32.6 Å². The maximum absolute atomic E-state index is 10.4. The number of aromatic nitrogens is 2. The van der Waals surface area contributed by atoms with Crippen LogP contribution in [0.3, 0.4) is 0 Å². The Labute approximate surface area is 108 Å². The fourth-order valence-corrected chi connectivity index (χ4v) is 0.579. The number of hydrogen-bond acceptors (Lipinski definition) is 4. The van der Waals surface area contributed by atoms with E-state index in [2.05, 4.69) is 0 Å². The van der Waals surface area contributed by atoms with Crippen LogP contribution in [-0.4, -0.2) is 15.9 Å². The summed E-state index contributed by atoms with van der Waals surface area (Å²) in [5, 5.41) is 10.1. The summed E-state index contributed by atoms with van der Waals surface area (Å²) >= 11 is 0. The smallest absolute Gasteiger partial charge is 0.543 e. The normalized spacial score (nSPS) is 8.67. The van der Waals surface area contributed by atoms with Gasteiger partial charge in [0.2, 0.25) is 0 Å². The molecule has 1 aromatic heterocycles. The van der Waals surface area contributed by atoms with Gasteiger partial charge in [0.25, 0.3) is 5.56 Å². The first-order valence-corrected chi connectivity index (χ1v) is 2.64. The van der Waals surface area contributed by atoms with Crippen LogP contribution in [-0.2, 0) is 0 Å². The maximum Gasteiger partial charge on any atom is 1.00 e. The first kappa shape index (κ1) is 11.8. The van der Waals surface area contributed by atoms with E-state index in [0.29, 0.717) is 0 Å². The molecule has 0 aliphatic heterocycles. The number of nitrogens with one attached hydrogen (secondary N) is 2. The van der Waals surface area contributed by atoms with Crippen LogP contribution in [0.25, 0.3) is 0 Å². The summed E-state index contributed by atoms with van der Waals surface area (Å²) in [4.78, 5) is 34.6. The van der Waals surface area contributed by atoms with Gasteiger partial charge < -0.3 is 14.9 Å². The summed E-state index contributed by atoms with van der Waals surface area (Å²) in [6.45, 7) is 0. The average molecular weight is 194 g/mol. The summed E-state index contributed by atoms with van der Waals surface area (Å²) in [6, 6.07) is 0.733. The first-order chi connectivity index (χ1) is 5.09. The number of carbonyl (C=O) groups is 1. The summed E-state index contributed by atoms with van der Waals surface area (Å²) in [5.74, 6) is -1.59. The number of H-pyrrole nitrogens is 2. The Kier molecular flexibility index (Phi) is 4.64. The van der Waals surface area contributed by atoms with Crippen molar-refractivity contribution in [3.8, 4) is 0 Å². The predicted molar refractivity (Wildman–Crippen MR) is 32.0 cm³/mol. The standard InChI is InChI=1S/C5H4N2O4.K/c8-3-1-2(4(9)10)6-5(11)7-3;/h1H,(H,9,10)(H2,6,7,8,11);/q;+1/p-1. The topological polar surface area (TPSA) is 106 Å². The van der Waals surface area contributed by atoms with Gasteiger partial charge in [-0.2, -0.15) is 0 Å². The van der Waals surface area contributed by atoms with Crippen molar-refractivity contribution in [2.75, 3.05) is 0 Å². The molecule has 0 aliphatic rings. The Balaban J connectivity index is 0.00000121. The van der Waals surface area contributed by atoms with Crippen LogP contribution < -0.4 is 67.7 Å². The quantitative estimate of drug-likeness (QED) is 0.435. The van der Waals surface area contributed by atoms with Gasteiger partial charge in [-0.05, 0) is 0 Å². The van der Waals surface area contributed by atoms with Crippen molar-refractivity contribution in [1.29, 1.82) is 0 Å². The molecule has 0 amide bonds. The molecule has 0 atom stereocenters. The van der Waals surface area contributed by atoms with E-state index in [-0.39, 0.29) is 51.4 Å². The fraction of sp³-hybridized carbons (Fsp3) is 0. The van der Waals surface area contributed by atoms with E-state index in [1.165, 1.54) is 0 Å². The second-order valence-electron chi connectivity index (χ2n) is 1.79. The largest absolute Gasteiger partial charge is 1.00 e. The predicted octanol–water partition coefficient (Wildman–Crippen LogP) is -5.57. The molecular formula is C5H3KN2O4. The molecule has 1 aromatic rings. The molecule has 0 unspecified atom stereocenters. The molecule has 2 N–H and O–H groups in total. The van der Waals surface area contributed by atoms with Crippen LogP contribution in [0, 0.1) is 0 Å². The molecule has 0 aliphatic carbocycles. The van der Waals surface area contributed by atoms with Gasteiger partial charge in [0.15, 0.2) is 0 Å². The number of aromatic carboxylic acids is 1. The van der Waals surface area contributed by atoms with Gasteiger partial charge in [-0.15, -0.1) is 0 Å². The summed E-state index contributed by atoms with van der Waals surface area (Å²) < 4.78 is 0. The number of carboxylic acid groups (broad SMARTS) is 1. The Morgan fingerprint density at radius 3 is 2.33 bits per heavy atom. The van der Waals surface area contributed by atoms with Crippen molar-refractivity contribution in [1.82, 2.24) is 9.97 Å². The van der Waals surface area contributed by atoms with Crippen molar-refractivity contribution in [2.45, 2.75) is 0 Å². The Morgan fingerprint density at radius 1 is 1.33 bits per heavy atom. The molecule has 0 aromatic carbocycles. The van der Waals surface area contributed by atoms with Gasteiger partial charge >= 0.3 is 57.1 Å². The zero-order valence-electron chi connectivity index (χ0n) is 6.21. The first-order valence-electron chi connectivity index (χ1n) is 2.64. The van der Waals surface area contributed by atoms with E-state index >= 15 is 0 Å². The molecule has 12 heavy (non-hydrogen) atoms. The summed E-state index contributed by atoms with van der Waals surface area (Å²) in [5.41, 5.74) is -2.16. The Bertz CT molecular complexity index is 365. The number of carboxylic acids is 1. The van der Waals surface area contributed by atoms with Crippen LogP contribution in [0.4, 0.5) is 0 Å². The fourth-order valence-electron chi connectivity index (χ4n) is 0.579. The minimum Gasteiger partial charge on any atom is -0.543 e. The van der Waals surface area contributed by atoms with E-state index in [1.807, 2.05) is 9.97 Å². The summed E-state index contributed by atoms with van der Waals surface area (Å²) in [6.07, 6.45) is 0. The van der Waals surface area contributed by atoms with Gasteiger partial charge in [-0.25, -0.2) is 4.79 Å². The molecule has 58 valence electrons.